The Labute approximate surface area is 107 Å². The second-order valence-corrected chi connectivity index (χ2v) is 5.76. The van der Waals surface area contributed by atoms with Gasteiger partial charge in [-0.15, -0.1) is 0 Å². The van der Waals surface area contributed by atoms with E-state index in [4.69, 9.17) is 0 Å². The van der Waals surface area contributed by atoms with Gasteiger partial charge >= 0.3 is 6.18 Å². The third kappa shape index (κ3) is 3.14. The van der Waals surface area contributed by atoms with Crippen molar-refractivity contribution in [3.8, 4) is 0 Å². The van der Waals surface area contributed by atoms with Crippen molar-refractivity contribution in [3.63, 3.8) is 0 Å². The second kappa shape index (κ2) is 4.69. The summed E-state index contributed by atoms with van der Waals surface area (Å²) in [7, 11) is -3.77. The summed E-state index contributed by atoms with van der Waals surface area (Å²) in [6.07, 6.45) is -1.90. The van der Waals surface area contributed by atoms with E-state index >= 15 is 0 Å². The number of hydrogen-bond donors (Lipinski definition) is 1. The molecule has 0 fully saturated rings. The number of aromatic amines is 1. The van der Waals surface area contributed by atoms with E-state index in [2.05, 4.69) is 9.97 Å². The molecule has 1 N–H and O–H groups in total. The van der Waals surface area contributed by atoms with Gasteiger partial charge in [0.1, 0.15) is 0 Å². The molecule has 0 bridgehead atoms. The van der Waals surface area contributed by atoms with Crippen LogP contribution in [0.2, 0.25) is 0 Å². The standard InChI is InChI=1S/C11H9F3N2O2S/c12-11(13,14)9-3-1-2-8(6-9)7-19(17,18)10-15-4-5-16-10/h1-6H,7H2,(H,15,16). The first-order valence-corrected chi connectivity index (χ1v) is 6.82. The van der Waals surface area contributed by atoms with Crippen LogP contribution in [0.15, 0.2) is 41.8 Å². The predicted molar refractivity (Wildman–Crippen MR) is 60.9 cm³/mol. The van der Waals surface area contributed by atoms with Crippen molar-refractivity contribution in [2.24, 2.45) is 0 Å². The fourth-order valence-corrected chi connectivity index (χ4v) is 2.77. The van der Waals surface area contributed by atoms with E-state index in [1.807, 2.05) is 0 Å². The SMILES string of the molecule is O=S(=O)(Cc1cccc(C(F)(F)F)c1)c1ncc[nH]1. The smallest absolute Gasteiger partial charge is 0.336 e. The molecule has 8 heteroatoms. The molecule has 0 aliphatic rings. The molecule has 0 saturated carbocycles. The van der Waals surface area contributed by atoms with Gasteiger partial charge in [0.05, 0.1) is 11.3 Å². The van der Waals surface area contributed by atoms with Gasteiger partial charge in [0, 0.05) is 12.4 Å². The Balaban J connectivity index is 2.30. The number of nitrogens with one attached hydrogen (secondary N) is 1. The van der Waals surface area contributed by atoms with Crippen molar-refractivity contribution >= 4 is 9.84 Å². The number of H-pyrrole nitrogens is 1. The van der Waals surface area contributed by atoms with Crippen molar-refractivity contribution in [1.82, 2.24) is 9.97 Å². The summed E-state index contributed by atoms with van der Waals surface area (Å²) in [5.74, 6) is -0.537. The van der Waals surface area contributed by atoms with Gasteiger partial charge in [-0.05, 0) is 11.6 Å². The van der Waals surface area contributed by atoms with Crippen LogP contribution in [0.4, 0.5) is 13.2 Å². The van der Waals surface area contributed by atoms with Crippen molar-refractivity contribution < 1.29 is 21.6 Å². The lowest BCUT2D eigenvalue weighted by Crippen LogP contribution is -2.09. The molecule has 1 heterocycles. The average Bonchev–Trinajstić information content (AvgIpc) is 2.81. The van der Waals surface area contributed by atoms with E-state index in [1.54, 1.807) is 0 Å². The van der Waals surface area contributed by atoms with Crippen molar-refractivity contribution in [2.75, 3.05) is 0 Å². The fourth-order valence-electron chi connectivity index (χ4n) is 1.55. The first-order valence-electron chi connectivity index (χ1n) is 5.17. The average molecular weight is 290 g/mol. The lowest BCUT2D eigenvalue weighted by molar-refractivity contribution is -0.137. The predicted octanol–water partition coefficient (Wildman–Crippen LogP) is 2.40. The molecule has 0 aliphatic heterocycles. The molecule has 1 aromatic heterocycles. The molecule has 0 radical (unpaired) electrons. The highest BCUT2D eigenvalue weighted by Gasteiger charge is 2.30. The molecule has 0 saturated heterocycles. The summed E-state index contributed by atoms with van der Waals surface area (Å²) >= 11 is 0. The molecule has 0 aliphatic carbocycles. The van der Waals surface area contributed by atoms with Crippen molar-refractivity contribution in [1.29, 1.82) is 0 Å². The number of benzene rings is 1. The minimum atomic E-state index is -4.50. The molecule has 19 heavy (non-hydrogen) atoms. The van der Waals surface area contributed by atoms with E-state index in [0.717, 1.165) is 12.1 Å². The number of halogens is 3. The Bertz CT molecular complexity index is 663. The zero-order chi connectivity index (χ0) is 14.1. The van der Waals surface area contributed by atoms with Crippen LogP contribution >= 0.6 is 0 Å². The minimum absolute atomic E-state index is 0.0613. The lowest BCUT2D eigenvalue weighted by atomic mass is 10.1. The summed E-state index contributed by atoms with van der Waals surface area (Å²) in [5, 5.41) is -0.259. The Morgan fingerprint density at radius 3 is 2.58 bits per heavy atom. The van der Waals surface area contributed by atoms with Gasteiger partial charge in [-0.3, -0.25) is 0 Å². The van der Waals surface area contributed by atoms with Crippen LogP contribution in [-0.4, -0.2) is 18.4 Å². The second-order valence-electron chi connectivity index (χ2n) is 3.85. The molecular weight excluding hydrogens is 281 g/mol. The van der Waals surface area contributed by atoms with Gasteiger partial charge in [-0.25, -0.2) is 13.4 Å². The van der Waals surface area contributed by atoms with Gasteiger partial charge < -0.3 is 4.98 Å². The van der Waals surface area contributed by atoms with Gasteiger partial charge in [0.15, 0.2) is 0 Å². The minimum Gasteiger partial charge on any atom is -0.336 e. The third-order valence-electron chi connectivity index (χ3n) is 2.38. The molecule has 4 nitrogen and oxygen atoms in total. The Morgan fingerprint density at radius 1 is 1.26 bits per heavy atom. The van der Waals surface area contributed by atoms with Gasteiger partial charge in [-0.2, -0.15) is 13.2 Å². The van der Waals surface area contributed by atoms with Crippen LogP contribution < -0.4 is 0 Å². The van der Waals surface area contributed by atoms with Crippen LogP contribution in [0.1, 0.15) is 11.1 Å². The van der Waals surface area contributed by atoms with Gasteiger partial charge in [0.25, 0.3) is 0 Å². The highest BCUT2D eigenvalue weighted by atomic mass is 32.2. The maximum absolute atomic E-state index is 12.5. The van der Waals surface area contributed by atoms with Crippen molar-refractivity contribution in [3.05, 3.63) is 47.8 Å². The van der Waals surface area contributed by atoms with E-state index in [9.17, 15) is 21.6 Å². The number of rotatable bonds is 3. The summed E-state index contributed by atoms with van der Waals surface area (Å²) in [4.78, 5) is 6.01. The summed E-state index contributed by atoms with van der Waals surface area (Å²) in [6.45, 7) is 0. The van der Waals surface area contributed by atoms with Crippen LogP contribution in [0, 0.1) is 0 Å². The molecule has 102 valence electrons. The Morgan fingerprint density at radius 2 is 2.00 bits per heavy atom. The molecule has 0 unspecified atom stereocenters. The molecular formula is C11H9F3N2O2S. The zero-order valence-corrected chi connectivity index (χ0v) is 10.3. The van der Waals surface area contributed by atoms with E-state index < -0.39 is 27.3 Å². The maximum atomic E-state index is 12.5. The lowest BCUT2D eigenvalue weighted by Gasteiger charge is -2.08. The van der Waals surface area contributed by atoms with Crippen LogP contribution in [0.25, 0.3) is 0 Å². The number of hydrogen-bond acceptors (Lipinski definition) is 3. The van der Waals surface area contributed by atoms with E-state index in [-0.39, 0.29) is 10.7 Å². The highest BCUT2D eigenvalue weighted by molar-refractivity contribution is 7.90. The van der Waals surface area contributed by atoms with Crippen molar-refractivity contribution in [2.45, 2.75) is 17.1 Å². The van der Waals surface area contributed by atoms with E-state index in [1.165, 1.54) is 24.5 Å². The summed E-state index contributed by atoms with van der Waals surface area (Å²) in [5.41, 5.74) is -0.814. The topological polar surface area (TPSA) is 62.8 Å². The zero-order valence-electron chi connectivity index (χ0n) is 9.48. The molecule has 0 amide bonds. The molecule has 0 atom stereocenters. The highest BCUT2D eigenvalue weighted by Crippen LogP contribution is 2.30. The normalized spacial score (nSPS) is 12.6. The van der Waals surface area contributed by atoms with Crippen LogP contribution in [-0.2, 0) is 21.8 Å². The number of sulfone groups is 1. The van der Waals surface area contributed by atoms with E-state index in [0.29, 0.717) is 0 Å². The van der Waals surface area contributed by atoms with Gasteiger partial charge in [0.2, 0.25) is 15.0 Å². The maximum Gasteiger partial charge on any atom is 0.416 e. The van der Waals surface area contributed by atoms with Crippen LogP contribution in [0.5, 0.6) is 0 Å². The number of aromatic nitrogens is 2. The molecule has 1 aromatic carbocycles. The number of nitrogens with zero attached hydrogens (tertiary/aromatic N) is 1. The Hall–Kier alpha value is -1.83. The Kier molecular flexibility index (Phi) is 3.36. The molecule has 2 aromatic rings. The quantitative estimate of drug-likeness (QED) is 0.944. The monoisotopic (exact) mass is 290 g/mol. The third-order valence-corrected chi connectivity index (χ3v) is 3.90. The summed E-state index contributed by atoms with van der Waals surface area (Å²) in [6, 6.07) is 4.22. The van der Waals surface area contributed by atoms with Gasteiger partial charge in [-0.1, -0.05) is 18.2 Å². The largest absolute Gasteiger partial charge is 0.416 e. The molecule has 2 rings (SSSR count). The summed E-state index contributed by atoms with van der Waals surface area (Å²) < 4.78 is 61.2. The number of alkyl halides is 3. The first-order chi connectivity index (χ1) is 8.79. The van der Waals surface area contributed by atoms with Crippen LogP contribution in [0.3, 0.4) is 0 Å². The number of imidazole rings is 1. The fraction of sp³-hybridized carbons (Fsp3) is 0.182. The first kappa shape index (κ1) is 13.6. The molecule has 0 spiro atoms.